The number of sulfonamides is 1. The Balaban J connectivity index is 2.72. The molecule has 0 saturated heterocycles. The van der Waals surface area contributed by atoms with Crippen LogP contribution in [0.15, 0.2) is 18.2 Å². The summed E-state index contributed by atoms with van der Waals surface area (Å²) in [6.45, 7) is 4.61. The van der Waals surface area contributed by atoms with Crippen LogP contribution in [0.25, 0.3) is 0 Å². The number of aryl methyl sites for hydroxylation is 2. The van der Waals surface area contributed by atoms with E-state index in [1.807, 2.05) is 19.1 Å². The molecule has 0 aliphatic rings. The van der Waals surface area contributed by atoms with Crippen LogP contribution in [0, 0.1) is 6.92 Å². The van der Waals surface area contributed by atoms with Crippen LogP contribution in [0.1, 0.15) is 30.9 Å². The van der Waals surface area contributed by atoms with E-state index in [1.165, 1.54) is 5.56 Å². The van der Waals surface area contributed by atoms with Gasteiger partial charge in [-0.15, -0.1) is 0 Å². The maximum Gasteiger partial charge on any atom is 0.232 e. The van der Waals surface area contributed by atoms with Gasteiger partial charge in [-0.25, -0.2) is 8.42 Å². The topological polar surface area (TPSA) is 72.2 Å². The van der Waals surface area contributed by atoms with Crippen LogP contribution in [-0.2, 0) is 16.4 Å². The van der Waals surface area contributed by atoms with Crippen molar-refractivity contribution in [3.8, 4) is 0 Å². The summed E-state index contributed by atoms with van der Waals surface area (Å²) in [5, 5.41) is 0. The smallest absolute Gasteiger partial charge is 0.232 e. The van der Waals surface area contributed by atoms with Gasteiger partial charge in [-0.1, -0.05) is 13.0 Å². The third kappa shape index (κ3) is 4.66. The fourth-order valence-electron chi connectivity index (χ4n) is 1.78. The third-order valence-corrected chi connectivity index (χ3v) is 4.24. The van der Waals surface area contributed by atoms with Crippen LogP contribution < -0.4 is 10.5 Å². The van der Waals surface area contributed by atoms with Crippen LogP contribution in [0.2, 0.25) is 0 Å². The molecule has 5 heteroatoms. The summed E-state index contributed by atoms with van der Waals surface area (Å²) in [7, 11) is -3.25. The lowest BCUT2D eigenvalue weighted by Gasteiger charge is -2.10. The van der Waals surface area contributed by atoms with E-state index in [0.717, 1.165) is 18.4 Å². The predicted octanol–water partition coefficient (Wildman–Crippen LogP) is 2.04. The second kappa shape index (κ2) is 6.75. The molecule has 0 spiro atoms. The normalized spacial score (nSPS) is 11.5. The number of hydrogen-bond donors (Lipinski definition) is 2. The Morgan fingerprint density at radius 3 is 2.61 bits per heavy atom. The van der Waals surface area contributed by atoms with E-state index < -0.39 is 10.0 Å². The highest BCUT2D eigenvalue weighted by molar-refractivity contribution is 7.92. The minimum atomic E-state index is -3.25. The molecule has 0 amide bonds. The van der Waals surface area contributed by atoms with Crippen LogP contribution in [0.5, 0.6) is 0 Å². The lowest BCUT2D eigenvalue weighted by atomic mass is 10.1. The quantitative estimate of drug-likeness (QED) is 0.745. The average Bonchev–Trinajstić information content (AvgIpc) is 2.31. The monoisotopic (exact) mass is 270 g/mol. The first kappa shape index (κ1) is 15.0. The van der Waals surface area contributed by atoms with Crippen LogP contribution in [-0.4, -0.2) is 20.7 Å². The first-order chi connectivity index (χ1) is 8.48. The molecule has 0 bridgehead atoms. The summed E-state index contributed by atoms with van der Waals surface area (Å²) >= 11 is 0. The lowest BCUT2D eigenvalue weighted by molar-refractivity contribution is 0.597. The minimum absolute atomic E-state index is 0.125. The number of anilines is 1. The number of hydrogen-bond acceptors (Lipinski definition) is 3. The summed E-state index contributed by atoms with van der Waals surface area (Å²) in [5.74, 6) is 0.125. The van der Waals surface area contributed by atoms with Gasteiger partial charge in [0.15, 0.2) is 0 Å². The summed E-state index contributed by atoms with van der Waals surface area (Å²) in [6, 6.07) is 5.64. The molecule has 0 aliphatic carbocycles. The molecule has 0 atom stereocenters. The fourth-order valence-corrected chi connectivity index (χ4v) is 2.96. The Kier molecular flexibility index (Phi) is 5.62. The molecule has 0 aliphatic heterocycles. The van der Waals surface area contributed by atoms with E-state index in [4.69, 9.17) is 5.73 Å². The Hall–Kier alpha value is -1.07. The molecule has 3 N–H and O–H groups in total. The zero-order valence-electron chi connectivity index (χ0n) is 11.1. The summed E-state index contributed by atoms with van der Waals surface area (Å²) in [4.78, 5) is 0. The molecular formula is C13H22N2O2S. The Bertz CT molecular complexity index is 484. The van der Waals surface area contributed by atoms with E-state index >= 15 is 0 Å². The molecule has 18 heavy (non-hydrogen) atoms. The molecule has 0 fully saturated rings. The van der Waals surface area contributed by atoms with Crippen LogP contribution in [0.4, 0.5) is 5.69 Å². The molecule has 0 radical (unpaired) electrons. The van der Waals surface area contributed by atoms with Gasteiger partial charge < -0.3 is 5.73 Å². The molecule has 0 unspecified atom stereocenters. The average molecular weight is 270 g/mol. The van der Waals surface area contributed by atoms with Gasteiger partial charge >= 0.3 is 0 Å². The summed E-state index contributed by atoms with van der Waals surface area (Å²) in [6.07, 6.45) is 2.22. The second-order valence-corrected chi connectivity index (χ2v) is 6.25. The van der Waals surface area contributed by atoms with Crippen molar-refractivity contribution in [2.75, 3.05) is 17.0 Å². The highest BCUT2D eigenvalue weighted by atomic mass is 32.2. The fraction of sp³-hybridized carbons (Fsp3) is 0.538. The van der Waals surface area contributed by atoms with Crippen molar-refractivity contribution in [2.24, 2.45) is 5.73 Å². The maximum atomic E-state index is 11.8. The summed E-state index contributed by atoms with van der Waals surface area (Å²) in [5.41, 5.74) is 8.34. The van der Waals surface area contributed by atoms with Gasteiger partial charge in [0, 0.05) is 5.69 Å². The molecular weight excluding hydrogens is 248 g/mol. The first-order valence-corrected chi connectivity index (χ1v) is 7.94. The van der Waals surface area contributed by atoms with E-state index in [-0.39, 0.29) is 5.75 Å². The standard InChI is InChI=1S/C13H22N2O2S/c1-3-12-10-13(7-6-11(12)2)15-18(16,17)9-5-4-8-14/h6-7,10,15H,3-5,8-9,14H2,1-2H3. The van der Waals surface area contributed by atoms with Gasteiger partial charge in [-0.05, 0) is 56.0 Å². The Morgan fingerprint density at radius 2 is 2.00 bits per heavy atom. The molecule has 0 heterocycles. The van der Waals surface area contributed by atoms with Crippen molar-refractivity contribution >= 4 is 15.7 Å². The molecule has 1 rings (SSSR count). The number of nitrogens with one attached hydrogen (secondary N) is 1. The second-order valence-electron chi connectivity index (χ2n) is 4.41. The zero-order chi connectivity index (χ0) is 13.6. The van der Waals surface area contributed by atoms with Crippen molar-refractivity contribution in [3.05, 3.63) is 29.3 Å². The summed E-state index contributed by atoms with van der Waals surface area (Å²) < 4.78 is 26.2. The van der Waals surface area contributed by atoms with Crippen LogP contribution in [0.3, 0.4) is 0 Å². The highest BCUT2D eigenvalue weighted by Crippen LogP contribution is 2.17. The first-order valence-electron chi connectivity index (χ1n) is 6.28. The molecule has 0 aromatic heterocycles. The molecule has 102 valence electrons. The van der Waals surface area contributed by atoms with Crippen molar-refractivity contribution < 1.29 is 8.42 Å². The van der Waals surface area contributed by atoms with Crippen molar-refractivity contribution in [1.82, 2.24) is 0 Å². The van der Waals surface area contributed by atoms with Gasteiger partial charge in [0.05, 0.1) is 5.75 Å². The van der Waals surface area contributed by atoms with E-state index in [0.29, 0.717) is 18.7 Å². The maximum absolute atomic E-state index is 11.8. The van der Waals surface area contributed by atoms with Gasteiger partial charge in [0.2, 0.25) is 10.0 Å². The lowest BCUT2D eigenvalue weighted by Crippen LogP contribution is -2.17. The molecule has 1 aromatic rings. The Morgan fingerprint density at radius 1 is 1.28 bits per heavy atom. The molecule has 4 nitrogen and oxygen atoms in total. The number of rotatable bonds is 7. The SMILES string of the molecule is CCc1cc(NS(=O)(=O)CCCCN)ccc1C. The zero-order valence-corrected chi connectivity index (χ0v) is 11.9. The van der Waals surface area contributed by atoms with Crippen molar-refractivity contribution in [3.63, 3.8) is 0 Å². The number of unbranched alkanes of at least 4 members (excludes halogenated alkanes) is 1. The minimum Gasteiger partial charge on any atom is -0.330 e. The van der Waals surface area contributed by atoms with Crippen LogP contribution >= 0.6 is 0 Å². The van der Waals surface area contributed by atoms with Gasteiger partial charge in [0.25, 0.3) is 0 Å². The highest BCUT2D eigenvalue weighted by Gasteiger charge is 2.10. The largest absolute Gasteiger partial charge is 0.330 e. The van der Waals surface area contributed by atoms with Crippen molar-refractivity contribution in [1.29, 1.82) is 0 Å². The van der Waals surface area contributed by atoms with Gasteiger partial charge in [-0.3, -0.25) is 4.72 Å². The number of nitrogens with two attached hydrogens (primary N) is 1. The molecule has 0 saturated carbocycles. The van der Waals surface area contributed by atoms with Gasteiger partial charge in [0.1, 0.15) is 0 Å². The molecule has 1 aromatic carbocycles. The van der Waals surface area contributed by atoms with E-state index in [2.05, 4.69) is 11.6 Å². The predicted molar refractivity (Wildman–Crippen MR) is 76.3 cm³/mol. The van der Waals surface area contributed by atoms with E-state index in [9.17, 15) is 8.42 Å². The van der Waals surface area contributed by atoms with Gasteiger partial charge in [-0.2, -0.15) is 0 Å². The van der Waals surface area contributed by atoms with E-state index in [1.54, 1.807) is 6.07 Å². The van der Waals surface area contributed by atoms with Crippen molar-refractivity contribution in [2.45, 2.75) is 33.1 Å². The number of benzene rings is 1. The third-order valence-electron chi connectivity index (χ3n) is 2.87. The Labute approximate surface area is 110 Å².